The van der Waals surface area contributed by atoms with Crippen molar-refractivity contribution >= 4 is 12.0 Å². The lowest BCUT2D eigenvalue weighted by Gasteiger charge is -2.51. The van der Waals surface area contributed by atoms with E-state index in [-0.39, 0.29) is 17.6 Å². The van der Waals surface area contributed by atoms with E-state index in [9.17, 15) is 9.59 Å². The minimum absolute atomic E-state index is 0.0720. The Kier molecular flexibility index (Phi) is 5.13. The summed E-state index contributed by atoms with van der Waals surface area (Å²) in [4.78, 5) is 22.3. The second kappa shape index (κ2) is 6.21. The second-order valence-electron chi connectivity index (χ2n) is 5.24. The topological polar surface area (TPSA) is 108 Å². The summed E-state index contributed by atoms with van der Waals surface area (Å²) in [5.74, 6) is -1.27. The van der Waals surface area contributed by atoms with Gasteiger partial charge in [-0.15, -0.1) is 0 Å². The maximum Gasteiger partial charge on any atom is 0.328 e. The van der Waals surface area contributed by atoms with Crippen molar-refractivity contribution in [3.8, 4) is 0 Å². The van der Waals surface area contributed by atoms with E-state index < -0.39 is 24.6 Å². The summed E-state index contributed by atoms with van der Waals surface area (Å²) in [5, 5.41) is 22.5. The maximum absolute atomic E-state index is 11.6. The van der Waals surface area contributed by atoms with Crippen LogP contribution in [-0.2, 0) is 9.53 Å². The Labute approximate surface area is 112 Å². The predicted octanol–water partition coefficient (Wildman–Crippen LogP) is -0.0653. The maximum atomic E-state index is 11.6. The van der Waals surface area contributed by atoms with Crippen LogP contribution in [0.25, 0.3) is 0 Å². The van der Waals surface area contributed by atoms with Crippen LogP contribution in [0.1, 0.15) is 27.2 Å². The first-order chi connectivity index (χ1) is 8.82. The molecule has 0 aliphatic heterocycles. The van der Waals surface area contributed by atoms with Crippen molar-refractivity contribution in [3.05, 3.63) is 0 Å². The molecule has 0 spiro atoms. The Bertz CT molecular complexity index is 345. The number of carboxylic acid groups (broad SMARTS) is 1. The molecule has 7 nitrogen and oxygen atoms in total. The molecule has 1 fully saturated rings. The Hall–Kier alpha value is -1.34. The van der Waals surface area contributed by atoms with Crippen molar-refractivity contribution in [2.45, 2.75) is 45.4 Å². The fraction of sp³-hybridized carbons (Fsp3) is 0.833. The average Bonchev–Trinajstić information content (AvgIpc) is 2.34. The molecule has 0 heterocycles. The van der Waals surface area contributed by atoms with E-state index in [1.165, 1.54) is 0 Å². The van der Waals surface area contributed by atoms with Crippen molar-refractivity contribution in [1.29, 1.82) is 0 Å². The molecule has 19 heavy (non-hydrogen) atoms. The molecule has 3 atom stereocenters. The fourth-order valence-electron chi connectivity index (χ4n) is 2.16. The van der Waals surface area contributed by atoms with Gasteiger partial charge in [-0.25, -0.2) is 9.59 Å². The predicted molar refractivity (Wildman–Crippen MR) is 67.8 cm³/mol. The first-order valence-electron chi connectivity index (χ1n) is 6.35. The molecule has 4 N–H and O–H groups in total. The number of amides is 2. The van der Waals surface area contributed by atoms with Gasteiger partial charge in [-0.3, -0.25) is 0 Å². The summed E-state index contributed by atoms with van der Waals surface area (Å²) in [5.41, 5.74) is -0.189. The van der Waals surface area contributed by atoms with E-state index in [0.29, 0.717) is 13.0 Å². The number of aliphatic hydroxyl groups excluding tert-OH is 1. The summed E-state index contributed by atoms with van der Waals surface area (Å²) < 4.78 is 5.54. The monoisotopic (exact) mass is 274 g/mol. The van der Waals surface area contributed by atoms with Gasteiger partial charge < -0.3 is 25.6 Å². The minimum Gasteiger partial charge on any atom is -0.480 e. The van der Waals surface area contributed by atoms with Crippen LogP contribution in [-0.4, -0.2) is 53.6 Å². The zero-order valence-corrected chi connectivity index (χ0v) is 11.5. The lowest BCUT2D eigenvalue weighted by Crippen LogP contribution is -2.64. The van der Waals surface area contributed by atoms with Gasteiger partial charge >= 0.3 is 12.0 Å². The van der Waals surface area contributed by atoms with Crippen LogP contribution in [0.4, 0.5) is 4.79 Å². The number of rotatable bonds is 6. The number of hydrogen-bond donors (Lipinski definition) is 4. The van der Waals surface area contributed by atoms with Crippen LogP contribution in [0.3, 0.4) is 0 Å². The summed E-state index contributed by atoms with van der Waals surface area (Å²) in [6, 6.07) is -1.95. The third kappa shape index (κ3) is 3.57. The number of urea groups is 1. The van der Waals surface area contributed by atoms with Crippen LogP contribution in [0.5, 0.6) is 0 Å². The van der Waals surface area contributed by atoms with Gasteiger partial charge in [0.25, 0.3) is 0 Å². The summed E-state index contributed by atoms with van der Waals surface area (Å²) in [6.07, 6.45) is 0.793. The van der Waals surface area contributed by atoms with Gasteiger partial charge in [0.05, 0.1) is 12.7 Å². The van der Waals surface area contributed by atoms with Crippen LogP contribution in [0.15, 0.2) is 0 Å². The van der Waals surface area contributed by atoms with Gasteiger partial charge in [0, 0.05) is 18.1 Å². The highest BCUT2D eigenvalue weighted by Crippen LogP contribution is 2.42. The Morgan fingerprint density at radius 2 is 2.11 bits per heavy atom. The fourth-order valence-corrected chi connectivity index (χ4v) is 2.16. The van der Waals surface area contributed by atoms with Crippen molar-refractivity contribution < 1.29 is 24.5 Å². The molecular formula is C12H22N2O5. The van der Waals surface area contributed by atoms with Crippen LogP contribution in [0, 0.1) is 5.41 Å². The van der Waals surface area contributed by atoms with Crippen molar-refractivity contribution in [3.63, 3.8) is 0 Å². The molecular weight excluding hydrogens is 252 g/mol. The van der Waals surface area contributed by atoms with Crippen LogP contribution >= 0.6 is 0 Å². The van der Waals surface area contributed by atoms with Crippen molar-refractivity contribution in [2.75, 3.05) is 13.2 Å². The van der Waals surface area contributed by atoms with E-state index in [0.717, 1.165) is 0 Å². The number of aliphatic carboxylic acids is 1. The number of aliphatic hydroxyl groups is 1. The zero-order valence-electron chi connectivity index (χ0n) is 11.5. The highest BCUT2D eigenvalue weighted by Gasteiger charge is 2.49. The lowest BCUT2D eigenvalue weighted by molar-refractivity contribution is -0.140. The number of nitrogens with one attached hydrogen (secondary N) is 2. The zero-order chi connectivity index (χ0) is 14.6. The molecule has 0 aromatic rings. The first-order valence-corrected chi connectivity index (χ1v) is 6.35. The normalized spacial score (nSPS) is 26.1. The molecule has 0 aromatic carbocycles. The SMILES string of the molecule is CCOC1CC(NC(=O)N[C@@H](CO)C(=O)O)C1(C)C. The molecule has 110 valence electrons. The molecule has 2 unspecified atom stereocenters. The molecule has 1 rings (SSSR count). The number of carboxylic acids is 1. The Morgan fingerprint density at radius 1 is 1.47 bits per heavy atom. The minimum atomic E-state index is -1.29. The highest BCUT2D eigenvalue weighted by molar-refractivity contribution is 5.82. The summed E-state index contributed by atoms with van der Waals surface area (Å²) in [6.45, 7) is 5.88. The molecule has 0 saturated heterocycles. The molecule has 0 aromatic heterocycles. The molecule has 1 aliphatic rings. The molecule has 1 aliphatic carbocycles. The quantitative estimate of drug-likeness (QED) is 0.542. The van der Waals surface area contributed by atoms with Gasteiger partial charge in [-0.2, -0.15) is 0 Å². The third-order valence-electron chi connectivity index (χ3n) is 3.64. The molecule has 2 amide bonds. The second-order valence-corrected chi connectivity index (χ2v) is 5.24. The van der Waals surface area contributed by atoms with Gasteiger partial charge in [0.15, 0.2) is 6.04 Å². The molecule has 1 saturated carbocycles. The first kappa shape index (κ1) is 15.7. The molecule has 0 bridgehead atoms. The number of carbonyl (C=O) groups is 2. The molecule has 7 heteroatoms. The third-order valence-corrected chi connectivity index (χ3v) is 3.64. The number of hydrogen-bond acceptors (Lipinski definition) is 4. The van der Waals surface area contributed by atoms with E-state index in [1.807, 2.05) is 20.8 Å². The van der Waals surface area contributed by atoms with Gasteiger partial charge in [0.2, 0.25) is 0 Å². The number of ether oxygens (including phenoxy) is 1. The van der Waals surface area contributed by atoms with E-state index >= 15 is 0 Å². The smallest absolute Gasteiger partial charge is 0.328 e. The average molecular weight is 274 g/mol. The Morgan fingerprint density at radius 3 is 2.53 bits per heavy atom. The van der Waals surface area contributed by atoms with Gasteiger partial charge in [0.1, 0.15) is 0 Å². The van der Waals surface area contributed by atoms with Crippen molar-refractivity contribution in [1.82, 2.24) is 10.6 Å². The molecule has 0 radical (unpaired) electrons. The van der Waals surface area contributed by atoms with E-state index in [2.05, 4.69) is 10.6 Å². The standard InChI is InChI=1S/C12H22N2O5/c1-4-19-9-5-8(12(9,2)3)14-11(18)13-7(6-15)10(16)17/h7-9,15H,4-6H2,1-3H3,(H,16,17)(H2,13,14,18)/t7-,8?,9?/m0/s1. The van der Waals surface area contributed by atoms with Crippen molar-refractivity contribution in [2.24, 2.45) is 5.41 Å². The largest absolute Gasteiger partial charge is 0.480 e. The van der Waals surface area contributed by atoms with Gasteiger partial charge in [-0.05, 0) is 13.3 Å². The van der Waals surface area contributed by atoms with Crippen LogP contribution < -0.4 is 10.6 Å². The van der Waals surface area contributed by atoms with Crippen LogP contribution in [0.2, 0.25) is 0 Å². The van der Waals surface area contributed by atoms with E-state index in [1.54, 1.807) is 0 Å². The lowest BCUT2D eigenvalue weighted by atomic mass is 9.64. The number of carbonyl (C=O) groups excluding carboxylic acids is 1. The highest BCUT2D eigenvalue weighted by atomic mass is 16.5. The summed E-state index contributed by atoms with van der Waals surface area (Å²) >= 11 is 0. The van der Waals surface area contributed by atoms with E-state index in [4.69, 9.17) is 14.9 Å². The Balaban J connectivity index is 2.44. The van der Waals surface area contributed by atoms with Gasteiger partial charge in [-0.1, -0.05) is 13.8 Å². The summed E-state index contributed by atoms with van der Waals surface area (Å²) in [7, 11) is 0.